The maximum Gasteiger partial charge on any atom is 0.257 e. The van der Waals surface area contributed by atoms with Crippen LogP contribution in [0.5, 0.6) is 0 Å². The lowest BCUT2D eigenvalue weighted by Crippen LogP contribution is -2.16. The Kier molecular flexibility index (Phi) is 6.42. The molecule has 1 amide bonds. The Labute approximate surface area is 178 Å². The molecule has 0 saturated carbocycles. The molecule has 29 heavy (non-hydrogen) atoms. The number of aromatic nitrogens is 1. The quantitative estimate of drug-likeness (QED) is 0.549. The second kappa shape index (κ2) is 8.82. The van der Waals surface area contributed by atoms with Gasteiger partial charge >= 0.3 is 0 Å². The molecule has 0 radical (unpaired) electrons. The molecule has 1 aromatic heterocycles. The highest BCUT2D eigenvalue weighted by Gasteiger charge is 2.14. The molecule has 3 rings (SSSR count). The molecule has 150 valence electrons. The van der Waals surface area contributed by atoms with Crippen LogP contribution in [-0.2, 0) is 10.0 Å². The van der Waals surface area contributed by atoms with Gasteiger partial charge in [-0.15, -0.1) is 0 Å². The Morgan fingerprint density at radius 1 is 1.00 bits per heavy atom. The third-order valence-electron chi connectivity index (χ3n) is 4.03. The first-order valence-corrected chi connectivity index (χ1v) is 11.0. The number of carbonyl (C=O) groups excluding carboxylic acids is 1. The van der Waals surface area contributed by atoms with E-state index in [1.54, 1.807) is 30.5 Å². The van der Waals surface area contributed by atoms with E-state index in [1.165, 1.54) is 25.1 Å². The SMILES string of the molecule is CCS(=O)(=O)Nc1ccc(C(=O)Nc2ccc(Cl)c(-c3ccccn3)c2)c(Cl)c1. The highest BCUT2D eigenvalue weighted by molar-refractivity contribution is 7.92. The lowest BCUT2D eigenvalue weighted by Gasteiger charge is -2.11. The van der Waals surface area contributed by atoms with E-state index in [-0.39, 0.29) is 22.0 Å². The molecule has 2 N–H and O–H groups in total. The number of sulfonamides is 1. The number of halogens is 2. The van der Waals surface area contributed by atoms with E-state index in [4.69, 9.17) is 23.2 Å². The molecule has 1 heterocycles. The van der Waals surface area contributed by atoms with Gasteiger partial charge in [-0.2, -0.15) is 0 Å². The lowest BCUT2D eigenvalue weighted by atomic mass is 10.1. The fourth-order valence-electron chi connectivity index (χ4n) is 2.53. The number of nitrogens with zero attached hydrogens (tertiary/aromatic N) is 1. The van der Waals surface area contributed by atoms with Crippen LogP contribution in [0.4, 0.5) is 11.4 Å². The van der Waals surface area contributed by atoms with Crippen molar-refractivity contribution in [1.29, 1.82) is 0 Å². The van der Waals surface area contributed by atoms with Gasteiger partial charge in [0.05, 0.1) is 27.1 Å². The van der Waals surface area contributed by atoms with Crippen molar-refractivity contribution in [2.75, 3.05) is 15.8 Å². The minimum atomic E-state index is -3.43. The molecule has 0 unspecified atom stereocenters. The molecule has 9 heteroatoms. The zero-order valence-corrected chi connectivity index (χ0v) is 17.6. The average Bonchev–Trinajstić information content (AvgIpc) is 2.70. The van der Waals surface area contributed by atoms with E-state index in [9.17, 15) is 13.2 Å². The Balaban J connectivity index is 1.82. The molecule has 6 nitrogen and oxygen atoms in total. The van der Waals surface area contributed by atoms with E-state index < -0.39 is 15.9 Å². The minimum absolute atomic E-state index is 0.0674. The third kappa shape index (κ3) is 5.26. The number of anilines is 2. The Morgan fingerprint density at radius 2 is 1.76 bits per heavy atom. The normalized spacial score (nSPS) is 11.1. The molecule has 0 aliphatic rings. The largest absolute Gasteiger partial charge is 0.322 e. The second-order valence-electron chi connectivity index (χ2n) is 6.06. The standard InChI is InChI=1S/C20H17Cl2N3O3S/c1-2-29(27,28)25-14-6-8-15(18(22)12-14)20(26)24-13-7-9-17(21)16(11-13)19-5-3-4-10-23-19/h3-12,25H,2H2,1H3,(H,24,26). The van der Waals surface area contributed by atoms with Gasteiger partial charge in [-0.05, 0) is 55.5 Å². The van der Waals surface area contributed by atoms with Gasteiger partial charge in [0.2, 0.25) is 10.0 Å². The van der Waals surface area contributed by atoms with Crippen LogP contribution >= 0.6 is 23.2 Å². The molecule has 0 fully saturated rings. The Bertz CT molecular complexity index is 1150. The molecule has 0 bridgehead atoms. The second-order valence-corrected chi connectivity index (χ2v) is 8.89. The average molecular weight is 450 g/mol. The highest BCUT2D eigenvalue weighted by atomic mass is 35.5. The molecule has 0 spiro atoms. The summed E-state index contributed by atoms with van der Waals surface area (Å²) in [6.07, 6.45) is 1.66. The fraction of sp³-hybridized carbons (Fsp3) is 0.100. The number of hydrogen-bond donors (Lipinski definition) is 2. The van der Waals surface area contributed by atoms with Gasteiger partial charge in [0, 0.05) is 23.1 Å². The molecule has 0 saturated heterocycles. The summed E-state index contributed by atoms with van der Waals surface area (Å²) < 4.78 is 25.7. The number of carbonyl (C=O) groups is 1. The van der Waals surface area contributed by atoms with E-state index in [0.717, 1.165) is 0 Å². The summed E-state index contributed by atoms with van der Waals surface area (Å²) in [5, 5.41) is 3.40. The Hall–Kier alpha value is -2.61. The first-order chi connectivity index (χ1) is 13.8. The number of pyridine rings is 1. The number of hydrogen-bond acceptors (Lipinski definition) is 4. The highest BCUT2D eigenvalue weighted by Crippen LogP contribution is 2.30. The van der Waals surface area contributed by atoms with E-state index in [0.29, 0.717) is 22.0 Å². The smallest absolute Gasteiger partial charge is 0.257 e. The van der Waals surface area contributed by atoms with Crippen molar-refractivity contribution in [3.8, 4) is 11.3 Å². The molecule has 0 atom stereocenters. The van der Waals surface area contributed by atoms with Crippen molar-refractivity contribution in [1.82, 2.24) is 4.98 Å². The van der Waals surface area contributed by atoms with Crippen molar-refractivity contribution < 1.29 is 13.2 Å². The van der Waals surface area contributed by atoms with E-state index in [1.807, 2.05) is 12.1 Å². The van der Waals surface area contributed by atoms with Crippen LogP contribution in [-0.4, -0.2) is 25.1 Å². The first kappa shape index (κ1) is 21.1. The molecular formula is C20H17Cl2N3O3S. The monoisotopic (exact) mass is 449 g/mol. The maximum atomic E-state index is 12.6. The van der Waals surface area contributed by atoms with Crippen LogP contribution in [0.15, 0.2) is 60.8 Å². The van der Waals surface area contributed by atoms with E-state index >= 15 is 0 Å². The van der Waals surface area contributed by atoms with Gasteiger partial charge in [0.1, 0.15) is 0 Å². The zero-order chi connectivity index (χ0) is 21.0. The number of rotatable bonds is 6. The molecule has 0 aliphatic carbocycles. The van der Waals surface area contributed by atoms with Crippen LogP contribution in [0.1, 0.15) is 17.3 Å². The van der Waals surface area contributed by atoms with E-state index in [2.05, 4.69) is 15.0 Å². The summed E-state index contributed by atoms with van der Waals surface area (Å²) in [7, 11) is -3.43. The van der Waals surface area contributed by atoms with Gasteiger partial charge in [-0.1, -0.05) is 29.3 Å². The van der Waals surface area contributed by atoms with Crippen molar-refractivity contribution in [2.45, 2.75) is 6.92 Å². The summed E-state index contributed by atoms with van der Waals surface area (Å²) in [5.74, 6) is -0.503. The molecule has 3 aromatic rings. The third-order valence-corrected chi connectivity index (χ3v) is 5.98. The minimum Gasteiger partial charge on any atom is -0.322 e. The van der Waals surface area contributed by atoms with Gasteiger partial charge in [-0.3, -0.25) is 14.5 Å². The van der Waals surface area contributed by atoms with Crippen LogP contribution in [0.3, 0.4) is 0 Å². The number of nitrogens with one attached hydrogen (secondary N) is 2. The van der Waals surface area contributed by atoms with Crippen LogP contribution in [0.2, 0.25) is 10.0 Å². The van der Waals surface area contributed by atoms with Crippen LogP contribution < -0.4 is 10.0 Å². The maximum absolute atomic E-state index is 12.6. The van der Waals surface area contributed by atoms with Gasteiger partial charge in [0.25, 0.3) is 5.91 Å². The van der Waals surface area contributed by atoms with Gasteiger partial charge < -0.3 is 5.32 Å². The summed E-state index contributed by atoms with van der Waals surface area (Å²) in [5.41, 5.74) is 2.38. The van der Waals surface area contributed by atoms with Crippen molar-refractivity contribution >= 4 is 50.5 Å². The number of amides is 1. The zero-order valence-electron chi connectivity index (χ0n) is 15.3. The predicted molar refractivity (Wildman–Crippen MR) is 117 cm³/mol. The lowest BCUT2D eigenvalue weighted by molar-refractivity contribution is 0.102. The predicted octanol–water partition coefficient (Wildman–Crippen LogP) is 5.07. The van der Waals surface area contributed by atoms with Crippen molar-refractivity contribution in [2.24, 2.45) is 0 Å². The van der Waals surface area contributed by atoms with Crippen molar-refractivity contribution in [3.63, 3.8) is 0 Å². The molecule has 2 aromatic carbocycles. The molecular weight excluding hydrogens is 433 g/mol. The Morgan fingerprint density at radius 3 is 2.41 bits per heavy atom. The number of benzene rings is 2. The topological polar surface area (TPSA) is 88.2 Å². The summed E-state index contributed by atoms with van der Waals surface area (Å²) >= 11 is 12.4. The van der Waals surface area contributed by atoms with Crippen LogP contribution in [0, 0.1) is 0 Å². The molecule has 0 aliphatic heterocycles. The summed E-state index contributed by atoms with van der Waals surface area (Å²) in [6.45, 7) is 1.52. The first-order valence-electron chi connectivity index (χ1n) is 8.61. The van der Waals surface area contributed by atoms with Gasteiger partial charge in [0.15, 0.2) is 0 Å². The summed E-state index contributed by atoms with van der Waals surface area (Å²) in [6, 6.07) is 14.9. The fourth-order valence-corrected chi connectivity index (χ4v) is 3.65. The van der Waals surface area contributed by atoms with Crippen molar-refractivity contribution in [3.05, 3.63) is 76.4 Å². The van der Waals surface area contributed by atoms with Crippen LogP contribution in [0.25, 0.3) is 11.3 Å². The summed E-state index contributed by atoms with van der Waals surface area (Å²) in [4.78, 5) is 16.9. The van der Waals surface area contributed by atoms with Gasteiger partial charge in [-0.25, -0.2) is 8.42 Å².